The predicted molar refractivity (Wildman–Crippen MR) is 69.6 cm³/mol. The molecule has 0 bridgehead atoms. The highest BCUT2D eigenvalue weighted by Crippen LogP contribution is 2.36. The molecule has 2 heteroatoms. The van der Waals surface area contributed by atoms with E-state index >= 15 is 0 Å². The Morgan fingerprint density at radius 1 is 1.06 bits per heavy atom. The molecular weight excluding hydrogens is 196 g/mol. The van der Waals surface area contributed by atoms with Crippen molar-refractivity contribution in [2.75, 3.05) is 20.1 Å². The molecular formula is C14H28N2. The van der Waals surface area contributed by atoms with Gasteiger partial charge >= 0.3 is 0 Å². The Morgan fingerprint density at radius 3 is 2.38 bits per heavy atom. The van der Waals surface area contributed by atoms with E-state index in [0.717, 1.165) is 23.9 Å². The van der Waals surface area contributed by atoms with E-state index < -0.39 is 0 Å². The lowest BCUT2D eigenvalue weighted by Crippen LogP contribution is -2.50. The molecule has 1 aliphatic heterocycles. The third-order valence-electron chi connectivity index (χ3n) is 4.73. The number of nitrogens with one attached hydrogen (secondary N) is 1. The number of likely N-dealkylation sites (tertiary alicyclic amines) is 1. The van der Waals surface area contributed by atoms with Gasteiger partial charge < -0.3 is 5.32 Å². The van der Waals surface area contributed by atoms with Crippen molar-refractivity contribution < 1.29 is 0 Å². The molecule has 0 aromatic rings. The molecule has 16 heavy (non-hydrogen) atoms. The maximum absolute atomic E-state index is 3.37. The summed E-state index contributed by atoms with van der Waals surface area (Å²) in [5, 5.41) is 3.37. The fourth-order valence-corrected chi connectivity index (χ4v) is 4.02. The van der Waals surface area contributed by atoms with Gasteiger partial charge in [0.15, 0.2) is 0 Å². The maximum atomic E-state index is 3.37. The molecule has 1 N–H and O–H groups in total. The Kier molecular flexibility index (Phi) is 4.26. The SMILES string of the molecule is CNCC1CCCN1C1C(C)CCCC1C. The van der Waals surface area contributed by atoms with Crippen LogP contribution in [-0.2, 0) is 0 Å². The number of likely N-dealkylation sites (N-methyl/N-ethyl adjacent to an activating group) is 1. The van der Waals surface area contributed by atoms with E-state index in [2.05, 4.69) is 31.1 Å². The molecule has 2 fully saturated rings. The minimum Gasteiger partial charge on any atom is -0.318 e. The van der Waals surface area contributed by atoms with Gasteiger partial charge in [-0.3, -0.25) is 4.90 Å². The van der Waals surface area contributed by atoms with Crippen LogP contribution in [0, 0.1) is 11.8 Å². The van der Waals surface area contributed by atoms with Crippen molar-refractivity contribution >= 4 is 0 Å². The van der Waals surface area contributed by atoms with E-state index in [1.807, 2.05) is 0 Å². The average molecular weight is 224 g/mol. The van der Waals surface area contributed by atoms with E-state index in [1.165, 1.54) is 45.2 Å². The smallest absolute Gasteiger partial charge is 0.0224 e. The topological polar surface area (TPSA) is 15.3 Å². The summed E-state index contributed by atoms with van der Waals surface area (Å²) in [4.78, 5) is 2.82. The molecule has 0 aromatic heterocycles. The minimum atomic E-state index is 0.804. The third kappa shape index (κ3) is 2.43. The Labute approximate surface area is 101 Å². The first kappa shape index (κ1) is 12.4. The average Bonchev–Trinajstić information content (AvgIpc) is 2.67. The van der Waals surface area contributed by atoms with Crippen LogP contribution in [0.25, 0.3) is 0 Å². The Morgan fingerprint density at radius 2 is 1.75 bits per heavy atom. The van der Waals surface area contributed by atoms with Crippen LogP contribution in [0.15, 0.2) is 0 Å². The lowest BCUT2D eigenvalue weighted by atomic mass is 9.77. The van der Waals surface area contributed by atoms with Crippen LogP contribution < -0.4 is 5.32 Å². The van der Waals surface area contributed by atoms with Gasteiger partial charge in [-0.15, -0.1) is 0 Å². The maximum Gasteiger partial charge on any atom is 0.0224 e. The van der Waals surface area contributed by atoms with Gasteiger partial charge in [0.25, 0.3) is 0 Å². The molecule has 1 saturated carbocycles. The molecule has 0 aromatic carbocycles. The van der Waals surface area contributed by atoms with Crippen LogP contribution in [0.3, 0.4) is 0 Å². The summed E-state index contributed by atoms with van der Waals surface area (Å²) < 4.78 is 0. The molecule has 3 unspecified atom stereocenters. The van der Waals surface area contributed by atoms with Crippen molar-refractivity contribution in [3.8, 4) is 0 Å². The van der Waals surface area contributed by atoms with Crippen LogP contribution in [0.1, 0.15) is 46.0 Å². The van der Waals surface area contributed by atoms with Crippen LogP contribution >= 0.6 is 0 Å². The molecule has 2 nitrogen and oxygen atoms in total. The van der Waals surface area contributed by atoms with Crippen molar-refractivity contribution in [1.29, 1.82) is 0 Å². The quantitative estimate of drug-likeness (QED) is 0.792. The van der Waals surface area contributed by atoms with Gasteiger partial charge in [0.2, 0.25) is 0 Å². The number of nitrogens with zero attached hydrogens (tertiary/aromatic N) is 1. The fraction of sp³-hybridized carbons (Fsp3) is 1.00. The van der Waals surface area contributed by atoms with Crippen LogP contribution in [0.5, 0.6) is 0 Å². The van der Waals surface area contributed by atoms with Crippen LogP contribution in [0.4, 0.5) is 0 Å². The summed E-state index contributed by atoms with van der Waals surface area (Å²) in [7, 11) is 2.09. The summed E-state index contributed by atoms with van der Waals surface area (Å²) in [5.41, 5.74) is 0. The van der Waals surface area contributed by atoms with Crippen molar-refractivity contribution in [2.24, 2.45) is 11.8 Å². The molecule has 1 aliphatic carbocycles. The normalized spacial score (nSPS) is 41.4. The van der Waals surface area contributed by atoms with E-state index in [4.69, 9.17) is 0 Å². The summed E-state index contributed by atoms with van der Waals surface area (Å²) in [6.45, 7) is 7.45. The molecule has 0 amide bonds. The van der Waals surface area contributed by atoms with Gasteiger partial charge in [0.05, 0.1) is 0 Å². The van der Waals surface area contributed by atoms with E-state index in [1.54, 1.807) is 0 Å². The van der Waals surface area contributed by atoms with Gasteiger partial charge in [-0.25, -0.2) is 0 Å². The van der Waals surface area contributed by atoms with Gasteiger partial charge in [0.1, 0.15) is 0 Å². The lowest BCUT2D eigenvalue weighted by molar-refractivity contribution is 0.0596. The molecule has 2 rings (SSSR count). The number of hydrogen-bond acceptors (Lipinski definition) is 2. The zero-order valence-corrected chi connectivity index (χ0v) is 11.2. The highest BCUT2D eigenvalue weighted by molar-refractivity contribution is 4.92. The van der Waals surface area contributed by atoms with Gasteiger partial charge in [-0.05, 0) is 51.1 Å². The first-order chi connectivity index (χ1) is 7.74. The fourth-order valence-electron chi connectivity index (χ4n) is 4.02. The van der Waals surface area contributed by atoms with Gasteiger partial charge in [-0.1, -0.05) is 20.3 Å². The second kappa shape index (κ2) is 5.50. The molecule has 0 radical (unpaired) electrons. The number of hydrogen-bond donors (Lipinski definition) is 1. The molecule has 1 saturated heterocycles. The second-order valence-electron chi connectivity index (χ2n) is 5.97. The monoisotopic (exact) mass is 224 g/mol. The van der Waals surface area contributed by atoms with Crippen molar-refractivity contribution in [2.45, 2.75) is 58.0 Å². The Balaban J connectivity index is 2.03. The van der Waals surface area contributed by atoms with Crippen molar-refractivity contribution in [1.82, 2.24) is 10.2 Å². The highest BCUT2D eigenvalue weighted by Gasteiger charge is 2.37. The standard InChI is InChI=1S/C14H28N2/c1-11-6-4-7-12(2)14(11)16-9-5-8-13(16)10-15-3/h11-15H,4-10H2,1-3H3. The summed E-state index contributed by atoms with van der Waals surface area (Å²) in [5.74, 6) is 1.81. The zero-order chi connectivity index (χ0) is 11.5. The summed E-state index contributed by atoms with van der Waals surface area (Å²) in [6.07, 6.45) is 7.14. The van der Waals surface area contributed by atoms with E-state index in [0.29, 0.717) is 0 Å². The molecule has 0 spiro atoms. The zero-order valence-electron chi connectivity index (χ0n) is 11.2. The van der Waals surface area contributed by atoms with Gasteiger partial charge in [0, 0.05) is 18.6 Å². The second-order valence-corrected chi connectivity index (χ2v) is 5.97. The molecule has 2 aliphatic rings. The van der Waals surface area contributed by atoms with Gasteiger partial charge in [-0.2, -0.15) is 0 Å². The summed E-state index contributed by atoms with van der Waals surface area (Å²) >= 11 is 0. The first-order valence-electron chi connectivity index (χ1n) is 7.14. The number of rotatable bonds is 3. The largest absolute Gasteiger partial charge is 0.318 e. The summed E-state index contributed by atoms with van der Waals surface area (Å²) in [6, 6.07) is 1.66. The third-order valence-corrected chi connectivity index (χ3v) is 4.73. The lowest BCUT2D eigenvalue weighted by Gasteiger charge is -2.43. The van der Waals surface area contributed by atoms with Crippen molar-refractivity contribution in [3.05, 3.63) is 0 Å². The highest BCUT2D eigenvalue weighted by atomic mass is 15.2. The molecule has 1 heterocycles. The van der Waals surface area contributed by atoms with Crippen molar-refractivity contribution in [3.63, 3.8) is 0 Å². The Bertz CT molecular complexity index is 207. The van der Waals surface area contributed by atoms with E-state index in [9.17, 15) is 0 Å². The predicted octanol–water partition coefficient (Wildman–Crippen LogP) is 2.49. The van der Waals surface area contributed by atoms with Crippen LogP contribution in [0.2, 0.25) is 0 Å². The first-order valence-corrected chi connectivity index (χ1v) is 7.14. The Hall–Kier alpha value is -0.0800. The molecule has 3 atom stereocenters. The van der Waals surface area contributed by atoms with E-state index in [-0.39, 0.29) is 0 Å². The molecule has 94 valence electrons. The van der Waals surface area contributed by atoms with Crippen LogP contribution in [-0.4, -0.2) is 37.1 Å². The minimum absolute atomic E-state index is 0.804.